The zero-order chi connectivity index (χ0) is 15.5. The lowest BCUT2D eigenvalue weighted by molar-refractivity contribution is 0.0636. The summed E-state index contributed by atoms with van der Waals surface area (Å²) in [4.78, 5) is 11.8. The molecule has 1 saturated heterocycles. The van der Waals surface area contributed by atoms with Gasteiger partial charge in [-0.15, -0.1) is 0 Å². The number of ether oxygens (including phenoxy) is 1. The minimum absolute atomic E-state index is 0.405. The van der Waals surface area contributed by atoms with E-state index in [2.05, 4.69) is 22.8 Å². The van der Waals surface area contributed by atoms with E-state index >= 15 is 0 Å². The highest BCUT2D eigenvalue weighted by Crippen LogP contribution is 2.27. The van der Waals surface area contributed by atoms with Crippen molar-refractivity contribution in [1.29, 1.82) is 0 Å². The Morgan fingerprint density at radius 2 is 2.14 bits per heavy atom. The standard InChI is InChI=1S/C17H26N2O2/c1-12-10-13(14-6-5-9-18-11-14)7-8-15(12)19-16(20)21-17(2,3)4/h7-8,10,14,18H,5-6,9,11H2,1-4H3,(H,19,20). The Morgan fingerprint density at radius 3 is 2.71 bits per heavy atom. The molecule has 1 aliphatic rings. The monoisotopic (exact) mass is 290 g/mol. The van der Waals surface area contributed by atoms with Crippen LogP contribution in [0.5, 0.6) is 0 Å². The Hall–Kier alpha value is -1.55. The molecule has 2 N–H and O–H groups in total. The van der Waals surface area contributed by atoms with Crippen LogP contribution in [0.2, 0.25) is 0 Å². The van der Waals surface area contributed by atoms with Gasteiger partial charge in [0.25, 0.3) is 0 Å². The fourth-order valence-corrected chi connectivity index (χ4v) is 2.63. The molecule has 1 aromatic carbocycles. The van der Waals surface area contributed by atoms with Crippen molar-refractivity contribution >= 4 is 11.8 Å². The maximum atomic E-state index is 11.8. The van der Waals surface area contributed by atoms with Gasteiger partial charge >= 0.3 is 6.09 Å². The molecule has 4 heteroatoms. The molecule has 0 spiro atoms. The highest BCUT2D eigenvalue weighted by atomic mass is 16.6. The van der Waals surface area contributed by atoms with Crippen LogP contribution in [0.3, 0.4) is 0 Å². The van der Waals surface area contributed by atoms with Crippen molar-refractivity contribution in [2.75, 3.05) is 18.4 Å². The van der Waals surface area contributed by atoms with Gasteiger partial charge in [-0.2, -0.15) is 0 Å². The van der Waals surface area contributed by atoms with Crippen molar-refractivity contribution in [2.24, 2.45) is 0 Å². The average molecular weight is 290 g/mol. The molecule has 4 nitrogen and oxygen atoms in total. The summed E-state index contributed by atoms with van der Waals surface area (Å²) in [5, 5.41) is 6.26. The third kappa shape index (κ3) is 4.74. The molecule has 1 fully saturated rings. The molecule has 0 radical (unpaired) electrons. The number of piperidine rings is 1. The Labute approximate surface area is 127 Å². The molecule has 0 saturated carbocycles. The number of anilines is 1. The van der Waals surface area contributed by atoms with Crippen LogP contribution in [0.1, 0.15) is 50.7 Å². The van der Waals surface area contributed by atoms with Crippen LogP contribution < -0.4 is 10.6 Å². The Bertz CT molecular complexity index is 500. The number of carbonyl (C=O) groups excluding carboxylic acids is 1. The summed E-state index contributed by atoms with van der Waals surface area (Å²) >= 11 is 0. The van der Waals surface area contributed by atoms with Gasteiger partial charge in [-0.3, -0.25) is 5.32 Å². The smallest absolute Gasteiger partial charge is 0.412 e. The molecule has 1 atom stereocenters. The highest BCUT2D eigenvalue weighted by molar-refractivity contribution is 5.85. The lowest BCUT2D eigenvalue weighted by Crippen LogP contribution is -2.28. The SMILES string of the molecule is Cc1cc(C2CCCNC2)ccc1NC(=O)OC(C)(C)C. The number of benzene rings is 1. The summed E-state index contributed by atoms with van der Waals surface area (Å²) in [7, 11) is 0. The Kier molecular flexibility index (Phi) is 4.88. The number of hydrogen-bond acceptors (Lipinski definition) is 3. The number of rotatable bonds is 2. The van der Waals surface area contributed by atoms with E-state index < -0.39 is 11.7 Å². The van der Waals surface area contributed by atoms with Gasteiger partial charge in [0.05, 0.1) is 0 Å². The van der Waals surface area contributed by atoms with E-state index in [1.54, 1.807) is 0 Å². The number of nitrogens with one attached hydrogen (secondary N) is 2. The lowest BCUT2D eigenvalue weighted by atomic mass is 9.90. The fraction of sp³-hybridized carbons (Fsp3) is 0.588. The second-order valence-corrected chi connectivity index (χ2v) is 6.74. The zero-order valence-corrected chi connectivity index (χ0v) is 13.5. The van der Waals surface area contributed by atoms with E-state index in [4.69, 9.17) is 4.74 Å². The van der Waals surface area contributed by atoms with Crippen molar-refractivity contribution in [3.63, 3.8) is 0 Å². The van der Waals surface area contributed by atoms with Crippen LogP contribution in [0, 0.1) is 6.92 Å². The Morgan fingerprint density at radius 1 is 1.38 bits per heavy atom. The second kappa shape index (κ2) is 6.48. The zero-order valence-electron chi connectivity index (χ0n) is 13.5. The fourth-order valence-electron chi connectivity index (χ4n) is 2.63. The summed E-state index contributed by atoms with van der Waals surface area (Å²) in [6.45, 7) is 9.76. The number of carbonyl (C=O) groups is 1. The van der Waals surface area contributed by atoms with E-state index in [0.717, 1.165) is 24.3 Å². The van der Waals surface area contributed by atoms with Crippen LogP contribution in [0.4, 0.5) is 10.5 Å². The van der Waals surface area contributed by atoms with Crippen molar-refractivity contribution < 1.29 is 9.53 Å². The molecule has 0 aliphatic carbocycles. The topological polar surface area (TPSA) is 50.4 Å². The van der Waals surface area contributed by atoms with E-state index in [-0.39, 0.29) is 0 Å². The molecule has 1 amide bonds. The maximum Gasteiger partial charge on any atom is 0.412 e. The van der Waals surface area contributed by atoms with Gasteiger partial charge in [0.1, 0.15) is 5.60 Å². The summed E-state index contributed by atoms with van der Waals surface area (Å²) in [5.41, 5.74) is 2.75. The first-order valence-electron chi connectivity index (χ1n) is 7.66. The summed E-state index contributed by atoms with van der Waals surface area (Å²) in [5.74, 6) is 0.577. The van der Waals surface area contributed by atoms with E-state index in [1.165, 1.54) is 18.4 Å². The average Bonchev–Trinajstić information content (AvgIpc) is 2.40. The van der Waals surface area contributed by atoms with E-state index in [1.807, 2.05) is 33.8 Å². The normalized spacial score (nSPS) is 19.1. The van der Waals surface area contributed by atoms with Crippen LogP contribution in [-0.4, -0.2) is 24.8 Å². The molecule has 116 valence electrons. The van der Waals surface area contributed by atoms with Gasteiger partial charge in [0, 0.05) is 12.2 Å². The van der Waals surface area contributed by atoms with Crippen molar-refractivity contribution in [3.8, 4) is 0 Å². The van der Waals surface area contributed by atoms with Crippen molar-refractivity contribution in [3.05, 3.63) is 29.3 Å². The van der Waals surface area contributed by atoms with Crippen molar-refractivity contribution in [2.45, 2.75) is 52.1 Å². The third-order valence-electron chi connectivity index (χ3n) is 3.65. The maximum absolute atomic E-state index is 11.8. The largest absolute Gasteiger partial charge is 0.444 e. The van der Waals surface area contributed by atoms with Gasteiger partial charge in [-0.1, -0.05) is 12.1 Å². The predicted molar refractivity (Wildman–Crippen MR) is 85.9 cm³/mol. The van der Waals surface area contributed by atoms with E-state index in [9.17, 15) is 4.79 Å². The molecule has 1 heterocycles. The molecule has 0 aromatic heterocycles. The lowest BCUT2D eigenvalue weighted by Gasteiger charge is -2.24. The molecule has 0 bridgehead atoms. The van der Waals surface area contributed by atoms with E-state index in [0.29, 0.717) is 5.92 Å². The molecule has 21 heavy (non-hydrogen) atoms. The van der Waals surface area contributed by atoms with Gasteiger partial charge in [-0.05, 0) is 70.2 Å². The number of hydrogen-bond donors (Lipinski definition) is 2. The first kappa shape index (κ1) is 15.8. The molecule has 1 unspecified atom stereocenters. The minimum Gasteiger partial charge on any atom is -0.444 e. The van der Waals surface area contributed by atoms with Gasteiger partial charge in [0.15, 0.2) is 0 Å². The van der Waals surface area contributed by atoms with Crippen LogP contribution in [0.25, 0.3) is 0 Å². The van der Waals surface area contributed by atoms with Gasteiger partial charge < -0.3 is 10.1 Å². The van der Waals surface area contributed by atoms with Gasteiger partial charge in [0.2, 0.25) is 0 Å². The first-order valence-corrected chi connectivity index (χ1v) is 7.66. The second-order valence-electron chi connectivity index (χ2n) is 6.74. The predicted octanol–water partition coefficient (Wildman–Crippen LogP) is 3.81. The Balaban J connectivity index is 2.03. The molecule has 1 aliphatic heterocycles. The van der Waals surface area contributed by atoms with Crippen molar-refractivity contribution in [1.82, 2.24) is 5.32 Å². The molecular weight excluding hydrogens is 264 g/mol. The molecule has 2 rings (SSSR count). The summed E-state index contributed by atoms with van der Waals surface area (Å²) < 4.78 is 5.28. The highest BCUT2D eigenvalue weighted by Gasteiger charge is 2.18. The van der Waals surface area contributed by atoms with Gasteiger partial charge in [-0.25, -0.2) is 4.79 Å². The number of aryl methyl sites for hydroxylation is 1. The molecular formula is C17H26N2O2. The minimum atomic E-state index is -0.480. The van der Waals surface area contributed by atoms with Crippen LogP contribution >= 0.6 is 0 Å². The summed E-state index contributed by atoms with van der Waals surface area (Å²) in [6, 6.07) is 6.25. The summed E-state index contributed by atoms with van der Waals surface area (Å²) in [6.07, 6.45) is 2.05. The van der Waals surface area contributed by atoms with Crippen LogP contribution in [0.15, 0.2) is 18.2 Å². The quantitative estimate of drug-likeness (QED) is 0.871. The van der Waals surface area contributed by atoms with Crippen LogP contribution in [-0.2, 0) is 4.74 Å². The number of amides is 1. The first-order chi connectivity index (χ1) is 9.85. The third-order valence-corrected chi connectivity index (χ3v) is 3.65. The molecule has 1 aromatic rings.